The Kier molecular flexibility index (Phi) is 2.74. The van der Waals surface area contributed by atoms with E-state index in [4.69, 9.17) is 4.74 Å². The Morgan fingerprint density at radius 2 is 2.32 bits per heavy atom. The van der Waals surface area contributed by atoms with E-state index in [-0.39, 0.29) is 5.56 Å². The molecule has 0 bridgehead atoms. The van der Waals surface area contributed by atoms with Crippen LogP contribution in [0.5, 0.6) is 5.75 Å². The molecular formula is C14H14N2O3. The van der Waals surface area contributed by atoms with Crippen LogP contribution in [-0.4, -0.2) is 27.5 Å². The summed E-state index contributed by atoms with van der Waals surface area (Å²) in [6.45, 7) is 0.746. The number of fused-ring (bicyclic) bond motifs is 1. The first kappa shape index (κ1) is 11.8. The van der Waals surface area contributed by atoms with E-state index in [1.54, 1.807) is 7.05 Å². The maximum absolute atomic E-state index is 11.2. The van der Waals surface area contributed by atoms with Crippen molar-refractivity contribution in [3.05, 3.63) is 35.5 Å². The molecule has 0 spiro atoms. The summed E-state index contributed by atoms with van der Waals surface area (Å²) in [5, 5.41) is 13.4. The summed E-state index contributed by atoms with van der Waals surface area (Å²) in [7, 11) is 1.72. The van der Waals surface area contributed by atoms with Gasteiger partial charge >= 0.3 is 5.97 Å². The topological polar surface area (TPSA) is 64.4 Å². The van der Waals surface area contributed by atoms with Crippen molar-refractivity contribution in [3.8, 4) is 17.0 Å². The molecule has 0 aliphatic carbocycles. The second-order valence-corrected chi connectivity index (χ2v) is 4.64. The van der Waals surface area contributed by atoms with Crippen LogP contribution in [0.4, 0.5) is 0 Å². The van der Waals surface area contributed by atoms with Gasteiger partial charge < -0.3 is 9.84 Å². The van der Waals surface area contributed by atoms with E-state index >= 15 is 0 Å². The molecule has 1 aromatic heterocycles. The molecule has 98 valence electrons. The Morgan fingerprint density at radius 3 is 3.11 bits per heavy atom. The number of hydrogen-bond donors (Lipinski definition) is 1. The lowest BCUT2D eigenvalue weighted by Crippen LogP contribution is -2.08. The van der Waals surface area contributed by atoms with E-state index < -0.39 is 5.97 Å². The van der Waals surface area contributed by atoms with E-state index in [2.05, 4.69) is 5.10 Å². The lowest BCUT2D eigenvalue weighted by Gasteiger charge is -2.17. The molecule has 1 N–H and O–H groups in total. The number of hydrogen-bond acceptors (Lipinski definition) is 3. The lowest BCUT2D eigenvalue weighted by atomic mass is 10.0. The van der Waals surface area contributed by atoms with E-state index in [1.165, 1.54) is 10.9 Å². The minimum atomic E-state index is -0.961. The van der Waals surface area contributed by atoms with Crippen LogP contribution in [-0.2, 0) is 13.5 Å². The van der Waals surface area contributed by atoms with Gasteiger partial charge in [-0.25, -0.2) is 4.79 Å². The zero-order valence-corrected chi connectivity index (χ0v) is 10.6. The third-order valence-electron chi connectivity index (χ3n) is 3.24. The van der Waals surface area contributed by atoms with Crippen LogP contribution in [0.2, 0.25) is 0 Å². The number of aromatic carboxylic acids is 1. The van der Waals surface area contributed by atoms with Gasteiger partial charge in [-0.2, -0.15) is 5.10 Å². The van der Waals surface area contributed by atoms with Crippen LogP contribution >= 0.6 is 0 Å². The van der Waals surface area contributed by atoms with Crippen LogP contribution in [0.1, 0.15) is 22.3 Å². The summed E-state index contributed by atoms with van der Waals surface area (Å²) in [4.78, 5) is 11.2. The molecule has 5 nitrogen and oxygen atoms in total. The van der Waals surface area contributed by atoms with Gasteiger partial charge in [0.05, 0.1) is 6.61 Å². The van der Waals surface area contributed by atoms with Crippen LogP contribution in [0.15, 0.2) is 24.4 Å². The number of nitrogens with zero attached hydrogens (tertiary/aromatic N) is 2. The molecule has 0 saturated heterocycles. The van der Waals surface area contributed by atoms with Gasteiger partial charge in [-0.3, -0.25) is 4.68 Å². The average Bonchev–Trinajstić information content (AvgIpc) is 2.80. The van der Waals surface area contributed by atoms with Crippen molar-refractivity contribution in [2.24, 2.45) is 7.05 Å². The quantitative estimate of drug-likeness (QED) is 0.896. The highest BCUT2D eigenvalue weighted by Crippen LogP contribution is 2.30. The molecule has 2 aromatic rings. The molecule has 0 unspecified atom stereocenters. The number of aromatic nitrogens is 2. The Bertz CT molecular complexity index is 646. The molecule has 0 atom stereocenters. The number of ether oxygens (including phenoxy) is 1. The average molecular weight is 258 g/mol. The molecule has 1 aromatic carbocycles. The standard InChI is InChI=1S/C14H14N2O3/c1-16-8-11(14(17)18)13(15-16)10-4-5-12-9(7-10)3-2-6-19-12/h4-5,7-8H,2-3,6H2,1H3,(H,17,18). The largest absolute Gasteiger partial charge is 0.493 e. The van der Waals surface area contributed by atoms with Crippen molar-refractivity contribution in [1.29, 1.82) is 0 Å². The second-order valence-electron chi connectivity index (χ2n) is 4.64. The van der Waals surface area contributed by atoms with Gasteiger partial charge in [0.2, 0.25) is 0 Å². The highest BCUT2D eigenvalue weighted by molar-refractivity contribution is 5.94. The third-order valence-corrected chi connectivity index (χ3v) is 3.24. The third kappa shape index (κ3) is 2.07. The first-order valence-corrected chi connectivity index (χ1v) is 6.18. The molecule has 3 rings (SSSR count). The molecule has 0 amide bonds. The first-order valence-electron chi connectivity index (χ1n) is 6.18. The summed E-state index contributed by atoms with van der Waals surface area (Å²) in [5.41, 5.74) is 2.66. The van der Waals surface area contributed by atoms with Crippen LogP contribution < -0.4 is 4.74 Å². The SMILES string of the molecule is Cn1cc(C(=O)O)c(-c2ccc3c(c2)CCCO3)n1. The number of carboxylic acids is 1. The van der Waals surface area contributed by atoms with Crippen LogP contribution in [0.3, 0.4) is 0 Å². The highest BCUT2D eigenvalue weighted by Gasteiger charge is 2.18. The van der Waals surface area contributed by atoms with E-state index in [0.717, 1.165) is 36.3 Å². The molecule has 5 heteroatoms. The molecule has 1 aliphatic rings. The number of carbonyl (C=O) groups is 1. The van der Waals surface area contributed by atoms with Crippen LogP contribution in [0.25, 0.3) is 11.3 Å². The smallest absolute Gasteiger partial charge is 0.339 e. The second kappa shape index (κ2) is 4.42. The van der Waals surface area contributed by atoms with E-state index in [9.17, 15) is 9.90 Å². The van der Waals surface area contributed by atoms with Gasteiger partial charge in [0, 0.05) is 18.8 Å². The molecule has 19 heavy (non-hydrogen) atoms. The fourth-order valence-electron chi connectivity index (χ4n) is 2.37. The number of carboxylic acid groups (broad SMARTS) is 1. The molecule has 0 radical (unpaired) electrons. The Balaban J connectivity index is 2.09. The van der Waals surface area contributed by atoms with Gasteiger partial charge in [-0.1, -0.05) is 0 Å². The molecule has 2 heterocycles. The predicted molar refractivity (Wildman–Crippen MR) is 69.4 cm³/mol. The summed E-state index contributed by atoms with van der Waals surface area (Å²) < 4.78 is 7.08. The number of aryl methyl sites for hydroxylation is 2. The summed E-state index contributed by atoms with van der Waals surface area (Å²) >= 11 is 0. The molecular weight excluding hydrogens is 244 g/mol. The zero-order valence-electron chi connectivity index (χ0n) is 10.6. The van der Waals surface area contributed by atoms with Crippen molar-refractivity contribution in [3.63, 3.8) is 0 Å². The van der Waals surface area contributed by atoms with Crippen molar-refractivity contribution < 1.29 is 14.6 Å². The molecule has 0 saturated carbocycles. The van der Waals surface area contributed by atoms with E-state index in [1.807, 2.05) is 18.2 Å². The summed E-state index contributed by atoms with van der Waals surface area (Å²) in [5.74, 6) is -0.0696. The Hall–Kier alpha value is -2.30. The Labute approximate surface area is 110 Å². The van der Waals surface area contributed by atoms with Crippen molar-refractivity contribution in [2.75, 3.05) is 6.61 Å². The minimum Gasteiger partial charge on any atom is -0.493 e. The Morgan fingerprint density at radius 1 is 1.47 bits per heavy atom. The first-order chi connectivity index (χ1) is 9.15. The van der Waals surface area contributed by atoms with Gasteiger partial charge in [-0.05, 0) is 36.6 Å². The normalized spacial score (nSPS) is 13.7. The monoisotopic (exact) mass is 258 g/mol. The molecule has 1 aliphatic heterocycles. The van der Waals surface area contributed by atoms with Crippen LogP contribution in [0, 0.1) is 0 Å². The molecule has 0 fully saturated rings. The van der Waals surface area contributed by atoms with Crippen molar-refractivity contribution in [1.82, 2.24) is 9.78 Å². The zero-order chi connectivity index (χ0) is 13.4. The summed E-state index contributed by atoms with van der Waals surface area (Å²) in [6, 6.07) is 5.73. The maximum Gasteiger partial charge on any atom is 0.339 e. The predicted octanol–water partition coefficient (Wildman–Crippen LogP) is 2.11. The highest BCUT2D eigenvalue weighted by atomic mass is 16.5. The lowest BCUT2D eigenvalue weighted by molar-refractivity contribution is 0.0697. The fourth-order valence-corrected chi connectivity index (χ4v) is 2.37. The number of benzene rings is 1. The maximum atomic E-state index is 11.2. The summed E-state index contributed by atoms with van der Waals surface area (Å²) in [6.07, 6.45) is 3.47. The van der Waals surface area contributed by atoms with Gasteiger partial charge in [0.1, 0.15) is 17.0 Å². The number of rotatable bonds is 2. The van der Waals surface area contributed by atoms with Crippen molar-refractivity contribution in [2.45, 2.75) is 12.8 Å². The van der Waals surface area contributed by atoms with E-state index in [0.29, 0.717) is 5.69 Å². The minimum absolute atomic E-state index is 0.221. The van der Waals surface area contributed by atoms with Gasteiger partial charge in [-0.15, -0.1) is 0 Å². The van der Waals surface area contributed by atoms with Gasteiger partial charge in [0.25, 0.3) is 0 Å². The van der Waals surface area contributed by atoms with Crippen molar-refractivity contribution >= 4 is 5.97 Å². The fraction of sp³-hybridized carbons (Fsp3) is 0.286. The van der Waals surface area contributed by atoms with Gasteiger partial charge in [0.15, 0.2) is 0 Å².